The predicted octanol–water partition coefficient (Wildman–Crippen LogP) is 4.14. The van der Waals surface area contributed by atoms with Gasteiger partial charge in [0, 0.05) is 35.9 Å². The van der Waals surface area contributed by atoms with Gasteiger partial charge in [-0.15, -0.1) is 0 Å². The van der Waals surface area contributed by atoms with E-state index in [1.165, 1.54) is 0 Å². The number of carbonyl (C=O) groups excluding carboxylic acids is 2. The fraction of sp³-hybridized carbons (Fsp3) is 0.333. The van der Waals surface area contributed by atoms with E-state index < -0.39 is 5.54 Å². The molecule has 0 aliphatic carbocycles. The van der Waals surface area contributed by atoms with E-state index >= 15 is 0 Å². The number of amides is 2. The zero-order valence-corrected chi connectivity index (χ0v) is 19.1. The predicted molar refractivity (Wildman–Crippen MR) is 128 cm³/mol. The van der Waals surface area contributed by atoms with Crippen molar-refractivity contribution in [2.24, 2.45) is 0 Å². The van der Waals surface area contributed by atoms with Crippen LogP contribution in [-0.2, 0) is 22.6 Å². The first kappa shape index (κ1) is 22.6. The molecule has 2 N–H and O–H groups in total. The quantitative estimate of drug-likeness (QED) is 0.518. The largest absolute Gasteiger partial charge is 0.496 e. The van der Waals surface area contributed by atoms with Crippen LogP contribution in [0.25, 0.3) is 10.8 Å². The number of nitrogens with one attached hydrogen (secondary N) is 2. The van der Waals surface area contributed by atoms with Crippen molar-refractivity contribution >= 4 is 22.6 Å². The maximum Gasteiger partial charge on any atom is 0.220 e. The van der Waals surface area contributed by atoms with Gasteiger partial charge in [0.15, 0.2) is 0 Å². The molecule has 1 atom stereocenters. The summed E-state index contributed by atoms with van der Waals surface area (Å²) in [4.78, 5) is 24.9. The average Bonchev–Trinajstić information content (AvgIpc) is 3.22. The summed E-state index contributed by atoms with van der Waals surface area (Å²) in [6, 6.07) is 19.8. The molecular formula is C27H30N2O4. The fourth-order valence-corrected chi connectivity index (χ4v) is 4.70. The van der Waals surface area contributed by atoms with Gasteiger partial charge in [0.05, 0.1) is 14.2 Å². The van der Waals surface area contributed by atoms with Crippen molar-refractivity contribution < 1.29 is 19.1 Å². The van der Waals surface area contributed by atoms with Crippen molar-refractivity contribution in [1.82, 2.24) is 10.6 Å². The Kier molecular flexibility index (Phi) is 6.82. The third-order valence-electron chi connectivity index (χ3n) is 6.46. The third-order valence-corrected chi connectivity index (χ3v) is 6.46. The summed E-state index contributed by atoms with van der Waals surface area (Å²) >= 11 is 0. The van der Waals surface area contributed by atoms with Crippen molar-refractivity contribution in [3.63, 3.8) is 0 Å². The lowest BCUT2D eigenvalue weighted by Gasteiger charge is -2.30. The molecule has 0 radical (unpaired) electrons. The molecule has 33 heavy (non-hydrogen) atoms. The summed E-state index contributed by atoms with van der Waals surface area (Å²) in [6.07, 6.45) is 2.78. The maximum atomic E-state index is 12.7. The number of benzene rings is 3. The van der Waals surface area contributed by atoms with Gasteiger partial charge in [0.2, 0.25) is 11.8 Å². The summed E-state index contributed by atoms with van der Waals surface area (Å²) < 4.78 is 10.9. The van der Waals surface area contributed by atoms with Crippen molar-refractivity contribution in [2.75, 3.05) is 14.2 Å². The summed E-state index contributed by atoms with van der Waals surface area (Å²) in [5.74, 6) is 1.58. The van der Waals surface area contributed by atoms with Crippen LogP contribution >= 0.6 is 0 Å². The number of para-hydroxylation sites is 1. The van der Waals surface area contributed by atoms with Crippen LogP contribution in [0.3, 0.4) is 0 Å². The standard InChI is InChI=1S/C27H30N2O4/c1-32-23-10-6-3-7-20(23)18-28-25(30)13-15-27(16-14-26(31)29-27)17-19-11-12-24(33-2)22-9-5-4-8-21(19)22/h3-12H,13-18H2,1-2H3,(H,28,30)(H,29,31)/t27-/m0/s1. The minimum absolute atomic E-state index is 0.0407. The Morgan fingerprint density at radius 2 is 1.67 bits per heavy atom. The molecule has 3 aromatic rings. The topological polar surface area (TPSA) is 76.7 Å². The second-order valence-corrected chi connectivity index (χ2v) is 8.57. The maximum absolute atomic E-state index is 12.7. The van der Waals surface area contributed by atoms with Gasteiger partial charge in [0.25, 0.3) is 0 Å². The molecule has 4 rings (SSSR count). The number of fused-ring (bicyclic) bond motifs is 1. The zero-order chi connectivity index (χ0) is 23.3. The third kappa shape index (κ3) is 5.11. The highest BCUT2D eigenvalue weighted by molar-refractivity contribution is 5.91. The van der Waals surface area contributed by atoms with Gasteiger partial charge in [0.1, 0.15) is 11.5 Å². The Labute approximate surface area is 194 Å². The highest BCUT2D eigenvalue weighted by atomic mass is 16.5. The Bertz CT molecular complexity index is 1160. The van der Waals surface area contributed by atoms with Gasteiger partial charge in [-0.05, 0) is 42.3 Å². The van der Waals surface area contributed by atoms with Crippen molar-refractivity contribution in [3.8, 4) is 11.5 Å². The molecule has 1 fully saturated rings. The normalized spacial score (nSPS) is 17.6. The van der Waals surface area contributed by atoms with Crippen LogP contribution in [0.2, 0.25) is 0 Å². The van der Waals surface area contributed by atoms with Gasteiger partial charge < -0.3 is 20.1 Å². The molecule has 6 heteroatoms. The molecule has 6 nitrogen and oxygen atoms in total. The fourth-order valence-electron chi connectivity index (χ4n) is 4.70. The van der Waals surface area contributed by atoms with E-state index in [1.807, 2.05) is 48.5 Å². The Hall–Kier alpha value is -3.54. The van der Waals surface area contributed by atoms with Crippen LogP contribution < -0.4 is 20.1 Å². The molecule has 3 aromatic carbocycles. The minimum Gasteiger partial charge on any atom is -0.496 e. The molecule has 2 amide bonds. The Balaban J connectivity index is 1.47. The first-order valence-electron chi connectivity index (χ1n) is 11.3. The van der Waals surface area contributed by atoms with Gasteiger partial charge in [-0.3, -0.25) is 9.59 Å². The lowest BCUT2D eigenvalue weighted by atomic mass is 9.83. The number of carbonyl (C=O) groups is 2. The molecular weight excluding hydrogens is 416 g/mol. The van der Waals surface area contributed by atoms with Crippen LogP contribution in [0.1, 0.15) is 36.8 Å². The monoisotopic (exact) mass is 446 g/mol. The smallest absolute Gasteiger partial charge is 0.220 e. The van der Waals surface area contributed by atoms with E-state index in [-0.39, 0.29) is 11.8 Å². The number of rotatable bonds is 9. The van der Waals surface area contributed by atoms with Crippen LogP contribution in [0.4, 0.5) is 0 Å². The molecule has 0 unspecified atom stereocenters. The minimum atomic E-state index is -0.434. The molecule has 0 spiro atoms. The zero-order valence-electron chi connectivity index (χ0n) is 19.1. The van der Waals surface area contributed by atoms with Crippen LogP contribution in [0.5, 0.6) is 11.5 Å². The number of ether oxygens (including phenoxy) is 2. The summed E-state index contributed by atoms with van der Waals surface area (Å²) in [6.45, 7) is 0.408. The van der Waals surface area contributed by atoms with E-state index in [9.17, 15) is 9.59 Å². The lowest BCUT2D eigenvalue weighted by Crippen LogP contribution is -2.44. The molecule has 1 aliphatic rings. The second kappa shape index (κ2) is 9.94. The Morgan fingerprint density at radius 3 is 2.39 bits per heavy atom. The van der Waals surface area contributed by atoms with Crippen molar-refractivity contribution in [2.45, 2.75) is 44.2 Å². The van der Waals surface area contributed by atoms with Crippen molar-refractivity contribution in [1.29, 1.82) is 0 Å². The van der Waals surface area contributed by atoms with E-state index in [4.69, 9.17) is 9.47 Å². The van der Waals surface area contributed by atoms with Gasteiger partial charge in [-0.1, -0.05) is 48.5 Å². The lowest BCUT2D eigenvalue weighted by molar-refractivity contribution is -0.122. The summed E-state index contributed by atoms with van der Waals surface area (Å²) in [5.41, 5.74) is 1.64. The SMILES string of the molecule is COc1ccccc1CNC(=O)CC[C@@]1(Cc2ccc(OC)c3ccccc23)CCC(=O)N1. The van der Waals surface area contributed by atoms with Gasteiger partial charge in [-0.25, -0.2) is 0 Å². The summed E-state index contributed by atoms with van der Waals surface area (Å²) in [5, 5.41) is 8.33. The number of hydrogen-bond donors (Lipinski definition) is 2. The number of hydrogen-bond acceptors (Lipinski definition) is 4. The van der Waals surface area contributed by atoms with E-state index in [0.717, 1.165) is 33.4 Å². The Morgan fingerprint density at radius 1 is 0.939 bits per heavy atom. The highest BCUT2D eigenvalue weighted by Crippen LogP contribution is 2.35. The first-order valence-corrected chi connectivity index (χ1v) is 11.3. The van der Waals surface area contributed by atoms with Crippen LogP contribution in [-0.4, -0.2) is 31.6 Å². The first-order chi connectivity index (χ1) is 16.0. The van der Waals surface area contributed by atoms with Gasteiger partial charge in [-0.2, -0.15) is 0 Å². The van der Waals surface area contributed by atoms with Crippen LogP contribution in [0.15, 0.2) is 60.7 Å². The second-order valence-electron chi connectivity index (χ2n) is 8.57. The molecule has 0 aromatic heterocycles. The van der Waals surface area contributed by atoms with E-state index in [1.54, 1.807) is 14.2 Å². The van der Waals surface area contributed by atoms with Gasteiger partial charge >= 0.3 is 0 Å². The van der Waals surface area contributed by atoms with E-state index in [0.29, 0.717) is 38.6 Å². The average molecular weight is 447 g/mol. The van der Waals surface area contributed by atoms with E-state index in [2.05, 4.69) is 22.8 Å². The molecule has 1 aliphatic heterocycles. The highest BCUT2D eigenvalue weighted by Gasteiger charge is 2.38. The molecule has 1 heterocycles. The molecule has 172 valence electrons. The van der Waals surface area contributed by atoms with Crippen LogP contribution in [0, 0.1) is 0 Å². The number of methoxy groups -OCH3 is 2. The summed E-state index contributed by atoms with van der Waals surface area (Å²) in [7, 11) is 3.29. The van der Waals surface area contributed by atoms with Crippen molar-refractivity contribution in [3.05, 3.63) is 71.8 Å². The molecule has 0 bridgehead atoms. The molecule has 1 saturated heterocycles. The molecule has 0 saturated carbocycles.